The van der Waals surface area contributed by atoms with E-state index >= 15 is 0 Å². The lowest BCUT2D eigenvalue weighted by Crippen LogP contribution is -2.15. The molecule has 0 radical (unpaired) electrons. The number of hydrogen-bond acceptors (Lipinski definition) is 3. The summed E-state index contributed by atoms with van der Waals surface area (Å²) in [5.41, 5.74) is 2.59. The highest BCUT2D eigenvalue weighted by molar-refractivity contribution is 5.91. The zero-order valence-electron chi connectivity index (χ0n) is 12.7. The molecule has 0 aromatic heterocycles. The van der Waals surface area contributed by atoms with Gasteiger partial charge in [-0.3, -0.25) is 4.79 Å². The van der Waals surface area contributed by atoms with Crippen LogP contribution in [-0.2, 0) is 9.53 Å². The average molecular weight is 289 g/mol. The molecule has 1 rings (SSSR count). The smallest absolute Gasteiger partial charge is 0.226 e. The number of carbonyl (C=O) groups is 1. The SMILES string of the molecule is CCCOCCC(=O)Nc1cc(C#CCCO)ccc1C. The largest absolute Gasteiger partial charge is 0.395 e. The van der Waals surface area contributed by atoms with Crippen molar-refractivity contribution in [3.05, 3.63) is 29.3 Å². The number of rotatable bonds is 7. The van der Waals surface area contributed by atoms with E-state index in [1.807, 2.05) is 32.0 Å². The van der Waals surface area contributed by atoms with Gasteiger partial charge in [0.2, 0.25) is 5.91 Å². The molecule has 0 saturated heterocycles. The Hall–Kier alpha value is -1.83. The van der Waals surface area contributed by atoms with Crippen molar-refractivity contribution in [2.45, 2.75) is 33.1 Å². The lowest BCUT2D eigenvalue weighted by atomic mass is 10.1. The Morgan fingerprint density at radius 3 is 2.90 bits per heavy atom. The number of carbonyl (C=O) groups excluding carboxylic acids is 1. The third kappa shape index (κ3) is 6.94. The van der Waals surface area contributed by atoms with Crippen LogP contribution in [0.25, 0.3) is 0 Å². The summed E-state index contributed by atoms with van der Waals surface area (Å²) in [4.78, 5) is 11.8. The summed E-state index contributed by atoms with van der Waals surface area (Å²) in [6, 6.07) is 5.68. The quantitative estimate of drug-likeness (QED) is 0.599. The molecule has 1 aromatic rings. The summed E-state index contributed by atoms with van der Waals surface area (Å²) in [5, 5.41) is 11.6. The van der Waals surface area contributed by atoms with Crippen LogP contribution >= 0.6 is 0 Å². The van der Waals surface area contributed by atoms with Crippen LogP contribution in [0.3, 0.4) is 0 Å². The van der Waals surface area contributed by atoms with Crippen molar-refractivity contribution in [2.24, 2.45) is 0 Å². The first kappa shape index (κ1) is 17.2. The fourth-order valence-corrected chi connectivity index (χ4v) is 1.68. The Morgan fingerprint density at radius 2 is 2.19 bits per heavy atom. The first-order chi connectivity index (χ1) is 10.2. The standard InChI is InChI=1S/C17H23NO3/c1-3-11-21-12-9-17(20)18-16-13-15(6-4-5-10-19)8-7-14(16)2/h7-8,13,19H,3,5,9-12H2,1-2H3,(H,18,20). The molecule has 0 aliphatic rings. The van der Waals surface area contributed by atoms with E-state index in [9.17, 15) is 4.79 Å². The van der Waals surface area contributed by atoms with Gasteiger partial charge in [-0.1, -0.05) is 24.8 Å². The Morgan fingerprint density at radius 1 is 1.38 bits per heavy atom. The second-order valence-electron chi connectivity index (χ2n) is 4.72. The number of nitrogens with one attached hydrogen (secondary N) is 1. The summed E-state index contributed by atoms with van der Waals surface area (Å²) >= 11 is 0. The minimum atomic E-state index is -0.0605. The Bertz CT molecular complexity index is 515. The molecule has 0 heterocycles. The van der Waals surface area contributed by atoms with E-state index in [2.05, 4.69) is 17.2 Å². The second kappa shape index (κ2) is 9.98. The van der Waals surface area contributed by atoms with E-state index < -0.39 is 0 Å². The van der Waals surface area contributed by atoms with Crippen LogP contribution in [0.15, 0.2) is 18.2 Å². The summed E-state index contributed by atoms with van der Waals surface area (Å²) in [5.74, 6) is 5.77. The van der Waals surface area contributed by atoms with E-state index in [0.717, 1.165) is 23.2 Å². The van der Waals surface area contributed by atoms with Gasteiger partial charge in [0.05, 0.1) is 19.6 Å². The molecule has 0 aliphatic carbocycles. The van der Waals surface area contributed by atoms with Crippen LogP contribution in [0, 0.1) is 18.8 Å². The van der Waals surface area contributed by atoms with Crippen molar-refractivity contribution in [3.63, 3.8) is 0 Å². The van der Waals surface area contributed by atoms with Gasteiger partial charge in [0.1, 0.15) is 0 Å². The molecule has 2 N–H and O–H groups in total. The topological polar surface area (TPSA) is 58.6 Å². The fraction of sp³-hybridized carbons (Fsp3) is 0.471. The molecule has 114 valence electrons. The number of ether oxygens (including phenoxy) is 1. The third-order valence-electron chi connectivity index (χ3n) is 2.80. The van der Waals surface area contributed by atoms with Crippen molar-refractivity contribution < 1.29 is 14.6 Å². The number of aryl methyl sites for hydroxylation is 1. The van der Waals surface area contributed by atoms with Crippen LogP contribution in [0.5, 0.6) is 0 Å². The molecule has 1 amide bonds. The monoisotopic (exact) mass is 289 g/mol. The van der Waals surface area contributed by atoms with Gasteiger partial charge in [-0.15, -0.1) is 0 Å². The van der Waals surface area contributed by atoms with Crippen LogP contribution < -0.4 is 5.32 Å². The first-order valence-corrected chi connectivity index (χ1v) is 7.25. The van der Waals surface area contributed by atoms with Gasteiger partial charge in [0.25, 0.3) is 0 Å². The van der Waals surface area contributed by atoms with E-state index in [4.69, 9.17) is 9.84 Å². The maximum absolute atomic E-state index is 11.8. The van der Waals surface area contributed by atoms with E-state index in [-0.39, 0.29) is 12.5 Å². The molecule has 4 nitrogen and oxygen atoms in total. The van der Waals surface area contributed by atoms with Crippen molar-refractivity contribution >= 4 is 11.6 Å². The lowest BCUT2D eigenvalue weighted by Gasteiger charge is -2.09. The normalized spacial score (nSPS) is 9.86. The van der Waals surface area contributed by atoms with Crippen molar-refractivity contribution in [3.8, 4) is 11.8 Å². The number of amides is 1. The van der Waals surface area contributed by atoms with E-state index in [0.29, 0.717) is 26.1 Å². The molecular formula is C17H23NO3. The first-order valence-electron chi connectivity index (χ1n) is 7.25. The lowest BCUT2D eigenvalue weighted by molar-refractivity contribution is -0.117. The molecule has 0 unspecified atom stereocenters. The summed E-state index contributed by atoms with van der Waals surface area (Å²) in [6.45, 7) is 5.15. The Labute approximate surface area is 126 Å². The van der Waals surface area contributed by atoms with Gasteiger partial charge in [0, 0.05) is 24.3 Å². The van der Waals surface area contributed by atoms with Gasteiger partial charge in [-0.25, -0.2) is 0 Å². The van der Waals surface area contributed by atoms with Crippen LogP contribution in [0.2, 0.25) is 0 Å². The zero-order valence-corrected chi connectivity index (χ0v) is 12.7. The molecular weight excluding hydrogens is 266 g/mol. The maximum Gasteiger partial charge on any atom is 0.226 e. The van der Waals surface area contributed by atoms with Gasteiger partial charge >= 0.3 is 0 Å². The van der Waals surface area contributed by atoms with Crippen LogP contribution in [0.4, 0.5) is 5.69 Å². The minimum absolute atomic E-state index is 0.0558. The van der Waals surface area contributed by atoms with Gasteiger partial charge < -0.3 is 15.2 Å². The van der Waals surface area contributed by atoms with Gasteiger partial charge in [-0.2, -0.15) is 0 Å². The predicted octanol–water partition coefficient (Wildman–Crippen LogP) is 2.48. The third-order valence-corrected chi connectivity index (χ3v) is 2.80. The Balaban J connectivity index is 2.59. The number of benzene rings is 1. The zero-order chi connectivity index (χ0) is 15.5. The van der Waals surface area contributed by atoms with Crippen molar-refractivity contribution in [1.82, 2.24) is 0 Å². The number of aliphatic hydroxyl groups is 1. The highest BCUT2D eigenvalue weighted by atomic mass is 16.5. The molecule has 21 heavy (non-hydrogen) atoms. The molecule has 0 atom stereocenters. The number of aliphatic hydroxyl groups excluding tert-OH is 1. The van der Waals surface area contributed by atoms with Crippen molar-refractivity contribution in [2.75, 3.05) is 25.1 Å². The van der Waals surface area contributed by atoms with Crippen LogP contribution in [-0.4, -0.2) is 30.8 Å². The van der Waals surface area contributed by atoms with Crippen LogP contribution in [0.1, 0.15) is 37.3 Å². The highest BCUT2D eigenvalue weighted by Gasteiger charge is 2.05. The molecule has 0 aliphatic heterocycles. The van der Waals surface area contributed by atoms with Crippen molar-refractivity contribution in [1.29, 1.82) is 0 Å². The second-order valence-corrected chi connectivity index (χ2v) is 4.72. The molecule has 4 heteroatoms. The van der Waals surface area contributed by atoms with Gasteiger partial charge in [0.15, 0.2) is 0 Å². The molecule has 0 bridgehead atoms. The Kier molecular flexibility index (Phi) is 8.18. The predicted molar refractivity (Wildman–Crippen MR) is 84.1 cm³/mol. The number of anilines is 1. The maximum atomic E-state index is 11.8. The number of hydrogen-bond donors (Lipinski definition) is 2. The summed E-state index contributed by atoms with van der Waals surface area (Å²) < 4.78 is 5.30. The average Bonchev–Trinajstić information content (AvgIpc) is 2.47. The van der Waals surface area contributed by atoms with E-state index in [1.165, 1.54) is 0 Å². The fourth-order valence-electron chi connectivity index (χ4n) is 1.68. The summed E-state index contributed by atoms with van der Waals surface area (Å²) in [7, 11) is 0. The van der Waals surface area contributed by atoms with E-state index in [1.54, 1.807) is 0 Å². The van der Waals surface area contributed by atoms with Gasteiger partial charge in [-0.05, 0) is 31.0 Å². The molecule has 0 spiro atoms. The molecule has 0 saturated carbocycles. The summed E-state index contributed by atoms with van der Waals surface area (Å²) in [6.07, 6.45) is 1.75. The highest BCUT2D eigenvalue weighted by Crippen LogP contribution is 2.16. The minimum Gasteiger partial charge on any atom is -0.395 e. The molecule has 0 fully saturated rings. The molecule has 1 aromatic carbocycles.